The molecule has 17 heteroatoms. The third-order valence-corrected chi connectivity index (χ3v) is 9.84. The molecule has 0 aliphatic carbocycles. The third-order valence-electron chi connectivity index (χ3n) is 9.84. The highest BCUT2D eigenvalue weighted by Gasteiger charge is 2.54. The quantitative estimate of drug-likeness (QED) is 0.142. The Balaban J connectivity index is 1.26. The summed E-state index contributed by atoms with van der Waals surface area (Å²) >= 11 is 0. The number of aromatic hydroxyl groups is 1. The molecule has 2 aromatic carbocycles. The van der Waals surface area contributed by atoms with E-state index in [0.29, 0.717) is 18.8 Å². The van der Waals surface area contributed by atoms with Gasteiger partial charge < -0.3 is 83.1 Å². The van der Waals surface area contributed by atoms with E-state index in [2.05, 4.69) is 0 Å². The van der Waals surface area contributed by atoms with Crippen molar-refractivity contribution in [2.75, 3.05) is 61.5 Å². The molecule has 0 aromatic heterocycles. The van der Waals surface area contributed by atoms with Gasteiger partial charge in [-0.25, -0.2) is 0 Å². The molecular formula is C33H44O17. The predicted molar refractivity (Wildman–Crippen MR) is 166 cm³/mol. The number of phenols is 1. The zero-order chi connectivity index (χ0) is 35.9. The summed E-state index contributed by atoms with van der Waals surface area (Å²) in [4.78, 5) is 0. The minimum Gasteiger partial charge on any atom is -0.502 e. The Morgan fingerprint density at radius 2 is 1.26 bits per heavy atom. The van der Waals surface area contributed by atoms with E-state index in [1.165, 1.54) is 28.4 Å². The predicted octanol–water partition coefficient (Wildman–Crippen LogP) is -0.855. The number of aliphatic hydroxyl groups is 6. The molecule has 0 spiro atoms. The maximum Gasteiger partial charge on any atom is 0.230 e. The Morgan fingerprint density at radius 3 is 1.72 bits per heavy atom. The van der Waals surface area contributed by atoms with E-state index in [-0.39, 0.29) is 52.4 Å². The van der Waals surface area contributed by atoms with Gasteiger partial charge in [0.05, 0.1) is 73.7 Å². The fourth-order valence-electron chi connectivity index (χ4n) is 6.97. The van der Waals surface area contributed by atoms with Crippen LogP contribution in [-0.2, 0) is 23.7 Å². The molecule has 4 aliphatic rings. The largest absolute Gasteiger partial charge is 0.502 e. The van der Waals surface area contributed by atoms with Crippen LogP contribution < -0.4 is 23.7 Å². The number of ether oxygens (including phenoxy) is 10. The average molecular weight is 713 g/mol. The van der Waals surface area contributed by atoms with E-state index in [9.17, 15) is 35.7 Å². The maximum absolute atomic E-state index is 11.0. The van der Waals surface area contributed by atoms with Crippen molar-refractivity contribution in [2.45, 2.75) is 60.9 Å². The molecule has 17 nitrogen and oxygen atoms in total. The number of rotatable bonds is 12. The van der Waals surface area contributed by atoms with Crippen molar-refractivity contribution in [1.82, 2.24) is 0 Å². The van der Waals surface area contributed by atoms with Gasteiger partial charge in [-0.2, -0.15) is 0 Å². The zero-order valence-corrected chi connectivity index (χ0v) is 27.9. The van der Waals surface area contributed by atoms with Gasteiger partial charge >= 0.3 is 0 Å². The molecule has 0 radical (unpaired) electrons. The number of fused-ring (bicyclic) bond motifs is 1. The summed E-state index contributed by atoms with van der Waals surface area (Å²) in [6, 6.07) is 6.82. The van der Waals surface area contributed by atoms with Crippen LogP contribution in [0.2, 0.25) is 0 Å². The number of benzene rings is 2. The number of phenolic OH excluding ortho intramolecular Hbond substituents is 1. The van der Waals surface area contributed by atoms with Gasteiger partial charge in [0.2, 0.25) is 17.8 Å². The van der Waals surface area contributed by atoms with E-state index in [4.69, 9.17) is 47.4 Å². The molecule has 0 unspecified atom stereocenters. The lowest BCUT2D eigenvalue weighted by Crippen LogP contribution is -2.62. The van der Waals surface area contributed by atoms with E-state index >= 15 is 0 Å². The standard InChI is InChI=1S/C33H44O17/c1-41-18-5-14(6-19(42-2)23(18)36)26-16-10-46-27(17(16)11-45-26)15-7-20(43-3)28(21(8-15)44-4)49-31-29(25(38)24(37)22(9-34)48-31)50-32-30(39)33(40,12-35)13-47-32/h5-8,16-17,22,24-27,29-32,34-40H,9-13H2,1-4H3/t16-,17+,22-,24-,25+,26+,27-,29-,30+,31+,32+,33-/m1/s1. The second kappa shape index (κ2) is 14.8. The maximum atomic E-state index is 11.0. The fourth-order valence-corrected chi connectivity index (χ4v) is 6.97. The summed E-state index contributed by atoms with van der Waals surface area (Å²) < 4.78 is 57.7. The first-order valence-corrected chi connectivity index (χ1v) is 16.0. The molecule has 4 heterocycles. The lowest BCUT2D eigenvalue weighted by molar-refractivity contribution is -0.319. The smallest absolute Gasteiger partial charge is 0.230 e. The average Bonchev–Trinajstić information content (AvgIpc) is 3.82. The summed E-state index contributed by atoms with van der Waals surface area (Å²) in [5, 5.41) is 72.4. The Morgan fingerprint density at radius 1 is 0.740 bits per heavy atom. The lowest BCUT2D eigenvalue weighted by atomic mass is 9.84. The molecule has 0 amide bonds. The van der Waals surface area contributed by atoms with Crippen molar-refractivity contribution < 1.29 is 83.1 Å². The Hall–Kier alpha value is -3.20. The van der Waals surface area contributed by atoms with Crippen LogP contribution in [0.3, 0.4) is 0 Å². The van der Waals surface area contributed by atoms with Gasteiger partial charge in [0.15, 0.2) is 35.4 Å². The molecule has 12 atom stereocenters. The zero-order valence-electron chi connectivity index (χ0n) is 27.9. The van der Waals surface area contributed by atoms with Crippen LogP contribution in [0.25, 0.3) is 0 Å². The summed E-state index contributed by atoms with van der Waals surface area (Å²) in [6.07, 6.45) is -11.8. The van der Waals surface area contributed by atoms with Crippen molar-refractivity contribution in [3.63, 3.8) is 0 Å². The van der Waals surface area contributed by atoms with Gasteiger partial charge in [-0.1, -0.05) is 0 Å². The molecule has 0 saturated carbocycles. The summed E-state index contributed by atoms with van der Waals surface area (Å²) in [6.45, 7) is -1.24. The van der Waals surface area contributed by atoms with E-state index in [1.54, 1.807) is 24.3 Å². The van der Waals surface area contributed by atoms with Crippen LogP contribution in [0, 0.1) is 11.8 Å². The van der Waals surface area contributed by atoms with Gasteiger partial charge in [0.1, 0.15) is 30.0 Å². The second-order valence-electron chi connectivity index (χ2n) is 12.7. The number of hydrogen-bond acceptors (Lipinski definition) is 17. The van der Waals surface area contributed by atoms with Gasteiger partial charge in [0, 0.05) is 11.8 Å². The van der Waals surface area contributed by atoms with Crippen LogP contribution >= 0.6 is 0 Å². The molecule has 7 N–H and O–H groups in total. The number of hydrogen-bond donors (Lipinski definition) is 7. The Bertz CT molecular complexity index is 1440. The van der Waals surface area contributed by atoms with Crippen molar-refractivity contribution in [3.8, 4) is 34.5 Å². The van der Waals surface area contributed by atoms with Crippen LogP contribution in [0.5, 0.6) is 34.5 Å². The number of methoxy groups -OCH3 is 4. The van der Waals surface area contributed by atoms with Crippen LogP contribution in [0.4, 0.5) is 0 Å². The number of aliphatic hydroxyl groups excluding tert-OH is 5. The van der Waals surface area contributed by atoms with E-state index < -0.39 is 74.6 Å². The van der Waals surface area contributed by atoms with Crippen molar-refractivity contribution >= 4 is 0 Å². The molecule has 2 aromatic rings. The highest BCUT2D eigenvalue weighted by Crippen LogP contribution is 2.54. The summed E-state index contributed by atoms with van der Waals surface area (Å²) in [5.41, 5.74) is -0.567. The Labute approximate surface area is 287 Å². The lowest BCUT2D eigenvalue weighted by Gasteiger charge is -2.42. The first-order chi connectivity index (χ1) is 24.0. The molecule has 4 saturated heterocycles. The first-order valence-electron chi connectivity index (χ1n) is 16.0. The molecule has 0 bridgehead atoms. The van der Waals surface area contributed by atoms with Crippen LogP contribution in [0.1, 0.15) is 23.3 Å². The van der Waals surface area contributed by atoms with Crippen molar-refractivity contribution in [3.05, 3.63) is 35.4 Å². The highest BCUT2D eigenvalue weighted by molar-refractivity contribution is 5.55. The highest BCUT2D eigenvalue weighted by atomic mass is 16.8. The SMILES string of the molecule is COc1cc([C@@H]2OC[C@H]3[C@H]2CO[C@@H]3c2cc(OC)c(O[C@@H]3O[C@H](CO)[C@@H](O)[C@H](O)[C@H]3O[C@@H]3OC[C@](O)(CO)[C@H]3O)c(OC)c2)cc(OC)c1O. The molecular weight excluding hydrogens is 668 g/mol. The van der Waals surface area contributed by atoms with Gasteiger partial charge in [-0.3, -0.25) is 0 Å². The van der Waals surface area contributed by atoms with Gasteiger partial charge in [0.25, 0.3) is 0 Å². The van der Waals surface area contributed by atoms with Crippen LogP contribution in [0.15, 0.2) is 24.3 Å². The topological polar surface area (TPSA) is 234 Å². The third kappa shape index (κ3) is 6.41. The van der Waals surface area contributed by atoms with Gasteiger partial charge in [-0.15, -0.1) is 0 Å². The normalized spacial score (nSPS) is 36.6. The second-order valence-corrected chi connectivity index (χ2v) is 12.7. The molecule has 6 rings (SSSR count). The fraction of sp³-hybridized carbons (Fsp3) is 0.636. The molecule has 278 valence electrons. The molecule has 4 fully saturated rings. The van der Waals surface area contributed by atoms with E-state index in [1.807, 2.05) is 0 Å². The van der Waals surface area contributed by atoms with Gasteiger partial charge in [-0.05, 0) is 35.4 Å². The molecule has 4 aliphatic heterocycles. The van der Waals surface area contributed by atoms with Crippen molar-refractivity contribution in [2.24, 2.45) is 11.8 Å². The van der Waals surface area contributed by atoms with Crippen LogP contribution in [-0.4, -0.2) is 146 Å². The minimum atomic E-state index is -2.02. The molecule has 50 heavy (non-hydrogen) atoms. The Kier molecular flexibility index (Phi) is 10.8. The monoisotopic (exact) mass is 712 g/mol. The first kappa shape index (κ1) is 36.6. The minimum absolute atomic E-state index is 0.0239. The summed E-state index contributed by atoms with van der Waals surface area (Å²) in [5.74, 6) is 0.665. The van der Waals surface area contributed by atoms with Crippen molar-refractivity contribution in [1.29, 1.82) is 0 Å². The summed E-state index contributed by atoms with van der Waals surface area (Å²) in [7, 11) is 5.73. The van der Waals surface area contributed by atoms with E-state index in [0.717, 1.165) is 5.56 Å².